The van der Waals surface area contributed by atoms with Crippen LogP contribution in [0.1, 0.15) is 20.3 Å². The highest BCUT2D eigenvalue weighted by molar-refractivity contribution is 5.85. The molecule has 6 nitrogen and oxygen atoms in total. The molecule has 0 saturated carbocycles. The van der Waals surface area contributed by atoms with E-state index in [1.807, 2.05) is 0 Å². The number of aliphatic hydroxyl groups excluding tert-OH is 2. The van der Waals surface area contributed by atoms with Gasteiger partial charge in [0.05, 0.1) is 13.0 Å². The fourth-order valence-corrected chi connectivity index (χ4v) is 0.831. The molecule has 0 unspecified atom stereocenters. The largest absolute Gasteiger partial charge is 0.481 e. The maximum Gasteiger partial charge on any atom is 0.305 e. The van der Waals surface area contributed by atoms with E-state index in [2.05, 4.69) is 5.32 Å². The molecule has 0 spiro atoms. The summed E-state index contributed by atoms with van der Waals surface area (Å²) >= 11 is 0. The smallest absolute Gasteiger partial charge is 0.305 e. The average molecular weight is 256 g/mol. The Morgan fingerprint density at radius 3 is 2.25 bits per heavy atom. The summed E-state index contributed by atoms with van der Waals surface area (Å²) in [5.41, 5.74) is -0.937. The van der Waals surface area contributed by atoms with Crippen LogP contribution in [0.3, 0.4) is 0 Å². The third-order valence-electron chi connectivity index (χ3n) is 2.03. The number of carboxylic acid groups (broad SMARTS) is 1. The number of halogens is 1. The second kappa shape index (κ2) is 7.43. The van der Waals surface area contributed by atoms with Crippen LogP contribution < -0.4 is 5.32 Å². The normalized spacial score (nSPS) is 12.5. The highest BCUT2D eigenvalue weighted by Gasteiger charge is 2.32. The molecule has 0 rings (SSSR count). The number of carbonyl (C=O) groups excluding carboxylic acids is 1. The number of hydrogen-bond acceptors (Lipinski definition) is 4. The number of rotatable bonds is 6. The van der Waals surface area contributed by atoms with Gasteiger partial charge in [0, 0.05) is 12.0 Å². The molecule has 0 aliphatic carbocycles. The predicted molar refractivity (Wildman–Crippen MR) is 59.4 cm³/mol. The fraction of sp³-hybridized carbons (Fsp3) is 0.778. The van der Waals surface area contributed by atoms with Crippen LogP contribution in [-0.2, 0) is 9.59 Å². The van der Waals surface area contributed by atoms with E-state index in [9.17, 15) is 14.7 Å². The maximum atomic E-state index is 11.3. The topological polar surface area (TPSA) is 107 Å². The number of carbonyl (C=O) groups is 2. The zero-order chi connectivity index (χ0) is 12.1. The van der Waals surface area contributed by atoms with Gasteiger partial charge in [0.15, 0.2) is 0 Å². The molecule has 1 atom stereocenters. The van der Waals surface area contributed by atoms with Crippen molar-refractivity contribution in [1.82, 2.24) is 5.32 Å². The summed E-state index contributed by atoms with van der Waals surface area (Å²) in [4.78, 5) is 21.4. The Labute approximate surface area is 100 Å². The van der Waals surface area contributed by atoms with E-state index in [0.717, 1.165) is 0 Å². The third kappa shape index (κ3) is 5.89. The van der Waals surface area contributed by atoms with E-state index in [4.69, 9.17) is 10.2 Å². The van der Waals surface area contributed by atoms with Gasteiger partial charge in [0.25, 0.3) is 0 Å². The van der Waals surface area contributed by atoms with Crippen LogP contribution in [0.4, 0.5) is 0 Å². The molecule has 0 radical (unpaired) electrons. The lowest BCUT2D eigenvalue weighted by molar-refractivity contribution is -0.138. The van der Waals surface area contributed by atoms with E-state index in [1.165, 1.54) is 13.8 Å². The first-order chi connectivity index (χ1) is 6.81. The molecular formula is C9H18ClNO5. The molecule has 0 aliphatic rings. The first kappa shape index (κ1) is 17.5. The molecule has 0 aromatic rings. The van der Waals surface area contributed by atoms with E-state index in [0.29, 0.717) is 0 Å². The Morgan fingerprint density at radius 2 is 1.88 bits per heavy atom. The second-order valence-corrected chi connectivity index (χ2v) is 3.98. The fourth-order valence-electron chi connectivity index (χ4n) is 0.831. The Bertz CT molecular complexity index is 244. The van der Waals surface area contributed by atoms with Crippen molar-refractivity contribution in [2.75, 3.05) is 13.2 Å². The van der Waals surface area contributed by atoms with Crippen molar-refractivity contribution in [2.24, 2.45) is 5.41 Å². The van der Waals surface area contributed by atoms with Gasteiger partial charge in [-0.1, -0.05) is 13.8 Å². The number of carboxylic acids is 1. The maximum absolute atomic E-state index is 11.3. The van der Waals surface area contributed by atoms with Gasteiger partial charge in [-0.15, -0.1) is 12.4 Å². The van der Waals surface area contributed by atoms with Gasteiger partial charge in [0.1, 0.15) is 6.10 Å². The third-order valence-corrected chi connectivity index (χ3v) is 2.03. The van der Waals surface area contributed by atoms with Crippen LogP contribution in [0.2, 0.25) is 0 Å². The summed E-state index contributed by atoms with van der Waals surface area (Å²) in [5, 5.41) is 29.0. The Hall–Kier alpha value is -0.850. The molecule has 96 valence electrons. The summed E-state index contributed by atoms with van der Waals surface area (Å²) in [6, 6.07) is 0. The number of aliphatic hydroxyl groups is 2. The van der Waals surface area contributed by atoms with Crippen molar-refractivity contribution in [2.45, 2.75) is 26.4 Å². The molecule has 0 fully saturated rings. The van der Waals surface area contributed by atoms with Crippen molar-refractivity contribution < 1.29 is 24.9 Å². The summed E-state index contributed by atoms with van der Waals surface area (Å²) in [6.45, 7) is 2.70. The molecule has 0 aromatic carbocycles. The van der Waals surface area contributed by atoms with Crippen LogP contribution in [0.25, 0.3) is 0 Å². The number of aliphatic carboxylic acids is 1. The minimum atomic E-state index is -1.35. The summed E-state index contributed by atoms with van der Waals surface area (Å²) < 4.78 is 0. The van der Waals surface area contributed by atoms with E-state index in [1.54, 1.807) is 0 Å². The molecule has 16 heavy (non-hydrogen) atoms. The predicted octanol–water partition coefficient (Wildman–Crippen LogP) is -0.622. The zero-order valence-corrected chi connectivity index (χ0v) is 10.1. The number of hydrogen-bond donors (Lipinski definition) is 4. The minimum Gasteiger partial charge on any atom is -0.481 e. The SMILES string of the molecule is CC(C)(CO)[C@@H](O)C(=O)NCCC(=O)O.Cl. The van der Waals surface area contributed by atoms with Crippen LogP contribution in [-0.4, -0.2) is 46.5 Å². The number of amides is 1. The summed E-state index contributed by atoms with van der Waals surface area (Å²) in [6.07, 6.45) is -1.55. The molecule has 0 aliphatic heterocycles. The first-order valence-electron chi connectivity index (χ1n) is 4.59. The first-order valence-corrected chi connectivity index (χ1v) is 4.59. The van der Waals surface area contributed by atoms with Gasteiger partial charge in [-0.2, -0.15) is 0 Å². The lowest BCUT2D eigenvalue weighted by Crippen LogP contribution is -2.45. The molecule has 0 saturated heterocycles. The highest BCUT2D eigenvalue weighted by atomic mass is 35.5. The summed E-state index contributed by atoms with van der Waals surface area (Å²) in [5.74, 6) is -1.69. The van der Waals surface area contributed by atoms with Crippen molar-refractivity contribution in [1.29, 1.82) is 0 Å². The van der Waals surface area contributed by atoms with Gasteiger partial charge in [0.2, 0.25) is 5.91 Å². The minimum absolute atomic E-state index is 0. The molecule has 7 heteroatoms. The van der Waals surface area contributed by atoms with Crippen LogP contribution in [0.15, 0.2) is 0 Å². The lowest BCUT2D eigenvalue weighted by atomic mass is 9.87. The Kier molecular flexibility index (Phi) is 8.14. The summed E-state index contributed by atoms with van der Waals surface area (Å²) in [7, 11) is 0. The highest BCUT2D eigenvalue weighted by Crippen LogP contribution is 2.19. The van der Waals surface area contributed by atoms with Gasteiger partial charge >= 0.3 is 5.97 Å². The lowest BCUT2D eigenvalue weighted by Gasteiger charge is -2.26. The van der Waals surface area contributed by atoms with Gasteiger partial charge < -0.3 is 20.6 Å². The zero-order valence-electron chi connectivity index (χ0n) is 9.27. The molecular weight excluding hydrogens is 238 g/mol. The van der Waals surface area contributed by atoms with E-state index in [-0.39, 0.29) is 32.0 Å². The van der Waals surface area contributed by atoms with Crippen molar-refractivity contribution >= 4 is 24.3 Å². The van der Waals surface area contributed by atoms with Crippen molar-refractivity contribution in [3.63, 3.8) is 0 Å². The monoisotopic (exact) mass is 255 g/mol. The van der Waals surface area contributed by atoms with E-state index >= 15 is 0 Å². The van der Waals surface area contributed by atoms with Gasteiger partial charge in [-0.3, -0.25) is 9.59 Å². The van der Waals surface area contributed by atoms with Crippen molar-refractivity contribution in [3.05, 3.63) is 0 Å². The van der Waals surface area contributed by atoms with E-state index < -0.39 is 23.4 Å². The van der Waals surface area contributed by atoms with Crippen LogP contribution in [0, 0.1) is 5.41 Å². The Morgan fingerprint density at radius 1 is 1.38 bits per heavy atom. The molecule has 0 aromatic heterocycles. The standard InChI is InChI=1S/C9H17NO5.ClH/c1-9(2,5-11)7(14)8(15)10-4-3-6(12)13;/h7,11,14H,3-5H2,1-2H3,(H,10,15)(H,12,13);1H/t7-;/m0./s1. The van der Waals surface area contributed by atoms with Crippen LogP contribution in [0.5, 0.6) is 0 Å². The Balaban J connectivity index is 0. The molecule has 0 heterocycles. The average Bonchev–Trinajstić information content (AvgIpc) is 2.15. The van der Waals surface area contributed by atoms with Gasteiger partial charge in [-0.25, -0.2) is 0 Å². The molecule has 1 amide bonds. The van der Waals surface area contributed by atoms with Gasteiger partial charge in [-0.05, 0) is 0 Å². The van der Waals surface area contributed by atoms with Crippen LogP contribution >= 0.6 is 12.4 Å². The molecule has 0 bridgehead atoms. The van der Waals surface area contributed by atoms with Crippen molar-refractivity contribution in [3.8, 4) is 0 Å². The quantitative estimate of drug-likeness (QED) is 0.506. The molecule has 4 N–H and O–H groups in total. The second-order valence-electron chi connectivity index (χ2n) is 3.98. The number of nitrogens with one attached hydrogen (secondary N) is 1.